The fraction of sp³-hybridized carbons (Fsp3) is 0.167. The zero-order valence-electron chi connectivity index (χ0n) is 9.15. The molecule has 2 aromatic carbocycles. The van der Waals surface area contributed by atoms with Crippen LogP contribution in [0, 0.1) is 0 Å². The Labute approximate surface area is 114 Å². The Morgan fingerprint density at radius 3 is 2.41 bits per heavy atom. The molecule has 2 rings (SSSR count). The van der Waals surface area contributed by atoms with Crippen molar-refractivity contribution in [1.29, 1.82) is 0 Å². The molecule has 2 unspecified atom stereocenters. The van der Waals surface area contributed by atoms with E-state index in [-0.39, 0.29) is 0 Å². The van der Waals surface area contributed by atoms with Crippen LogP contribution in [0.4, 0.5) is 0 Å². The van der Waals surface area contributed by atoms with Crippen molar-refractivity contribution in [2.45, 2.75) is 13.2 Å². The predicted octanol–water partition coefficient (Wildman–Crippen LogP) is 4.22. The molecule has 0 saturated heterocycles. The SMILES string of the molecule is POCc1cccc2c(COP)c(Br)ccc12. The lowest BCUT2D eigenvalue weighted by Gasteiger charge is -2.11. The van der Waals surface area contributed by atoms with E-state index in [1.54, 1.807) is 0 Å². The molecule has 2 aromatic rings. The zero-order valence-corrected chi connectivity index (χ0v) is 13.0. The van der Waals surface area contributed by atoms with E-state index in [0.29, 0.717) is 13.2 Å². The van der Waals surface area contributed by atoms with Crippen LogP contribution in [0.25, 0.3) is 10.8 Å². The van der Waals surface area contributed by atoms with E-state index >= 15 is 0 Å². The number of halogens is 1. The Balaban J connectivity index is 2.64. The van der Waals surface area contributed by atoms with E-state index in [1.165, 1.54) is 16.3 Å². The lowest BCUT2D eigenvalue weighted by molar-refractivity contribution is 0.361. The average Bonchev–Trinajstić information content (AvgIpc) is 2.34. The first kappa shape index (κ1) is 13.4. The van der Waals surface area contributed by atoms with E-state index < -0.39 is 0 Å². The van der Waals surface area contributed by atoms with Crippen molar-refractivity contribution in [1.82, 2.24) is 0 Å². The standard InChI is InChI=1S/C12H13BrO2P2/c13-12-5-4-9-8(6-14-16)2-1-3-10(9)11(12)7-15-17/h1-5H,6-7,16-17H2. The third-order valence-corrected chi connectivity index (χ3v) is 3.75. The van der Waals surface area contributed by atoms with Gasteiger partial charge in [0.25, 0.3) is 0 Å². The Bertz CT molecular complexity index is 531. The van der Waals surface area contributed by atoms with Gasteiger partial charge in [0.05, 0.1) is 13.2 Å². The molecule has 0 aliphatic rings. The van der Waals surface area contributed by atoms with Crippen molar-refractivity contribution in [3.05, 3.63) is 45.9 Å². The van der Waals surface area contributed by atoms with E-state index in [4.69, 9.17) is 9.05 Å². The fourth-order valence-corrected chi connectivity index (χ4v) is 2.71. The summed E-state index contributed by atoms with van der Waals surface area (Å²) in [4.78, 5) is 0. The first-order chi connectivity index (χ1) is 8.27. The Morgan fingerprint density at radius 1 is 0.941 bits per heavy atom. The molecule has 0 aliphatic heterocycles. The summed E-state index contributed by atoms with van der Waals surface area (Å²) in [6.07, 6.45) is 0. The highest BCUT2D eigenvalue weighted by Gasteiger charge is 2.08. The maximum atomic E-state index is 5.17. The highest BCUT2D eigenvalue weighted by atomic mass is 79.9. The molecule has 2 atom stereocenters. The normalized spacial score (nSPS) is 11.0. The molecule has 2 nitrogen and oxygen atoms in total. The molecular formula is C12H13BrO2P2. The molecule has 0 heterocycles. The van der Waals surface area contributed by atoms with Gasteiger partial charge >= 0.3 is 0 Å². The number of benzene rings is 2. The molecule has 0 bridgehead atoms. The number of hydrogen-bond acceptors (Lipinski definition) is 2. The van der Waals surface area contributed by atoms with Crippen molar-refractivity contribution >= 4 is 45.6 Å². The van der Waals surface area contributed by atoms with Crippen molar-refractivity contribution in [3.63, 3.8) is 0 Å². The monoisotopic (exact) mass is 330 g/mol. The van der Waals surface area contributed by atoms with Gasteiger partial charge in [-0.1, -0.05) is 40.2 Å². The summed E-state index contributed by atoms with van der Waals surface area (Å²) in [5, 5.41) is 2.40. The number of rotatable bonds is 4. The summed E-state index contributed by atoms with van der Waals surface area (Å²) in [5.74, 6) is 0. The van der Waals surface area contributed by atoms with Gasteiger partial charge in [-0.25, -0.2) is 0 Å². The van der Waals surface area contributed by atoms with Crippen LogP contribution >= 0.6 is 34.9 Å². The van der Waals surface area contributed by atoms with Crippen LogP contribution in [0.2, 0.25) is 0 Å². The minimum Gasteiger partial charge on any atom is -0.361 e. The van der Waals surface area contributed by atoms with Crippen LogP contribution < -0.4 is 0 Å². The third-order valence-electron chi connectivity index (χ3n) is 2.67. The lowest BCUT2D eigenvalue weighted by Crippen LogP contribution is -1.92. The van der Waals surface area contributed by atoms with E-state index in [1.807, 2.05) is 12.1 Å². The molecule has 0 aliphatic carbocycles. The molecular weight excluding hydrogens is 318 g/mol. The largest absolute Gasteiger partial charge is 0.361 e. The second-order valence-corrected chi connectivity index (χ2v) is 5.18. The van der Waals surface area contributed by atoms with Crippen LogP contribution in [0.5, 0.6) is 0 Å². The second kappa shape index (κ2) is 6.22. The van der Waals surface area contributed by atoms with Gasteiger partial charge in [0.1, 0.15) is 0 Å². The number of fused-ring (bicyclic) bond motifs is 1. The summed E-state index contributed by atoms with van der Waals surface area (Å²) in [6, 6.07) is 10.4. The maximum Gasteiger partial charge on any atom is 0.0769 e. The van der Waals surface area contributed by atoms with Crippen LogP contribution in [0.15, 0.2) is 34.8 Å². The van der Waals surface area contributed by atoms with Crippen molar-refractivity contribution < 1.29 is 9.05 Å². The van der Waals surface area contributed by atoms with Crippen molar-refractivity contribution in [2.75, 3.05) is 0 Å². The summed E-state index contributed by atoms with van der Waals surface area (Å²) in [5.41, 5.74) is 2.33. The van der Waals surface area contributed by atoms with Gasteiger partial charge in [0, 0.05) is 29.0 Å². The van der Waals surface area contributed by atoms with Crippen LogP contribution in [0.1, 0.15) is 11.1 Å². The molecule has 0 saturated carbocycles. The van der Waals surface area contributed by atoms with Gasteiger partial charge < -0.3 is 9.05 Å². The average molecular weight is 331 g/mol. The van der Waals surface area contributed by atoms with E-state index in [2.05, 4.69) is 53.1 Å². The molecule has 90 valence electrons. The predicted molar refractivity (Wildman–Crippen MR) is 80.6 cm³/mol. The zero-order chi connectivity index (χ0) is 12.3. The molecule has 0 aromatic heterocycles. The van der Waals surface area contributed by atoms with Crippen molar-refractivity contribution in [2.24, 2.45) is 0 Å². The molecule has 0 fully saturated rings. The highest BCUT2D eigenvalue weighted by Crippen LogP contribution is 2.30. The van der Waals surface area contributed by atoms with Gasteiger partial charge in [0.2, 0.25) is 0 Å². The fourth-order valence-electron chi connectivity index (χ4n) is 1.90. The third kappa shape index (κ3) is 2.86. The minimum absolute atomic E-state index is 0.563. The Hall–Kier alpha value is -0.0400. The first-order valence-electron chi connectivity index (χ1n) is 5.10. The van der Waals surface area contributed by atoms with Gasteiger partial charge in [-0.2, -0.15) is 0 Å². The quantitative estimate of drug-likeness (QED) is 0.781. The van der Waals surface area contributed by atoms with Crippen LogP contribution in [0.3, 0.4) is 0 Å². The topological polar surface area (TPSA) is 18.5 Å². The summed E-state index contributed by atoms with van der Waals surface area (Å²) >= 11 is 3.56. The lowest BCUT2D eigenvalue weighted by atomic mass is 10.0. The first-order valence-corrected chi connectivity index (χ1v) is 6.84. The summed E-state index contributed by atoms with van der Waals surface area (Å²) < 4.78 is 11.4. The highest BCUT2D eigenvalue weighted by molar-refractivity contribution is 9.10. The molecule has 0 N–H and O–H groups in total. The number of hydrogen-bond donors (Lipinski definition) is 0. The van der Waals surface area contributed by atoms with Gasteiger partial charge in [-0.05, 0) is 22.4 Å². The summed E-state index contributed by atoms with van der Waals surface area (Å²) in [7, 11) is 4.57. The van der Waals surface area contributed by atoms with Crippen LogP contribution in [-0.4, -0.2) is 0 Å². The van der Waals surface area contributed by atoms with Gasteiger partial charge in [0.15, 0.2) is 0 Å². The van der Waals surface area contributed by atoms with Gasteiger partial charge in [-0.15, -0.1) is 0 Å². The molecule has 17 heavy (non-hydrogen) atoms. The molecule has 0 radical (unpaired) electrons. The molecule has 0 amide bonds. The van der Waals surface area contributed by atoms with Crippen molar-refractivity contribution in [3.8, 4) is 0 Å². The summed E-state index contributed by atoms with van der Waals surface area (Å²) in [6.45, 7) is 1.15. The van der Waals surface area contributed by atoms with Gasteiger partial charge in [-0.3, -0.25) is 0 Å². The molecule has 0 spiro atoms. The minimum atomic E-state index is 0.563. The Morgan fingerprint density at radius 2 is 1.71 bits per heavy atom. The van der Waals surface area contributed by atoms with E-state index in [9.17, 15) is 0 Å². The molecule has 5 heteroatoms. The van der Waals surface area contributed by atoms with Crippen LogP contribution in [-0.2, 0) is 22.3 Å². The Kier molecular flexibility index (Phi) is 4.90. The second-order valence-electron chi connectivity index (χ2n) is 3.66. The smallest absolute Gasteiger partial charge is 0.0769 e. The van der Waals surface area contributed by atoms with E-state index in [0.717, 1.165) is 10.0 Å². The maximum absolute atomic E-state index is 5.17.